The predicted octanol–water partition coefficient (Wildman–Crippen LogP) is 4.05. The van der Waals surface area contributed by atoms with Crippen molar-refractivity contribution >= 4 is 46.8 Å². The van der Waals surface area contributed by atoms with Crippen LogP contribution in [0, 0.1) is 0 Å². The highest BCUT2D eigenvalue weighted by Crippen LogP contribution is 2.39. The van der Waals surface area contributed by atoms with E-state index in [1.807, 2.05) is 36.6 Å². The molecule has 4 rings (SSSR count). The maximum Gasteiger partial charge on any atom is 0.431 e. The first-order valence-electron chi connectivity index (χ1n) is 8.29. The van der Waals surface area contributed by atoms with Crippen LogP contribution in [0.4, 0.5) is 10.5 Å². The minimum atomic E-state index is -0.496. The Morgan fingerprint density at radius 1 is 1.26 bits per heavy atom. The van der Waals surface area contributed by atoms with Crippen molar-refractivity contribution in [3.05, 3.63) is 64.2 Å². The third kappa shape index (κ3) is 3.52. The van der Waals surface area contributed by atoms with Crippen LogP contribution in [-0.2, 0) is 16.1 Å². The molecule has 2 aliphatic rings. The molecule has 8 heteroatoms. The van der Waals surface area contributed by atoms with E-state index in [1.165, 1.54) is 16.8 Å². The number of carbonyl (C=O) groups is 2. The molecule has 2 aromatic rings. The number of hydrazone groups is 1. The molecule has 0 aromatic heterocycles. The molecule has 0 bridgehead atoms. The number of fused-ring (bicyclic) bond motifs is 1. The average molecular weight is 402 g/mol. The fourth-order valence-corrected chi connectivity index (χ4v) is 3.94. The van der Waals surface area contributed by atoms with Crippen molar-refractivity contribution in [1.82, 2.24) is 5.01 Å². The van der Waals surface area contributed by atoms with E-state index < -0.39 is 6.09 Å². The Morgan fingerprint density at radius 2 is 2.04 bits per heavy atom. The number of nitrogens with one attached hydrogen (secondary N) is 1. The fourth-order valence-electron chi connectivity index (χ4n) is 3.09. The number of halogens is 1. The topological polar surface area (TPSA) is 71.0 Å². The van der Waals surface area contributed by atoms with Crippen LogP contribution in [0.1, 0.15) is 21.9 Å². The van der Waals surface area contributed by atoms with Crippen molar-refractivity contribution in [3.8, 4) is 0 Å². The Bertz CT molecular complexity index is 946. The van der Waals surface area contributed by atoms with E-state index >= 15 is 0 Å². The van der Waals surface area contributed by atoms with Crippen molar-refractivity contribution in [1.29, 1.82) is 0 Å². The van der Waals surface area contributed by atoms with Crippen molar-refractivity contribution < 1.29 is 14.3 Å². The molecule has 1 N–H and O–H groups in total. The standard InChI is InChI=1S/C19H16ClN3O3S/c1-27-17-14-8-11(2-7-15(14)21-18(17)24)9-23-19(25)26-10-16(22-23)12-3-5-13(20)6-4-12/h2-8,17H,9-10H2,1H3,(H,21,24). The summed E-state index contributed by atoms with van der Waals surface area (Å²) in [6.45, 7) is 0.382. The van der Waals surface area contributed by atoms with Crippen LogP contribution in [0.15, 0.2) is 47.6 Å². The molecule has 2 amide bonds. The number of amides is 2. The van der Waals surface area contributed by atoms with Gasteiger partial charge in [-0.05, 0) is 35.6 Å². The van der Waals surface area contributed by atoms with Gasteiger partial charge in [0.25, 0.3) is 0 Å². The lowest BCUT2D eigenvalue weighted by Gasteiger charge is -2.24. The number of anilines is 1. The number of hydrogen-bond acceptors (Lipinski definition) is 5. The van der Waals surface area contributed by atoms with Crippen LogP contribution < -0.4 is 5.32 Å². The first kappa shape index (κ1) is 17.9. The van der Waals surface area contributed by atoms with Crippen LogP contribution in [0.2, 0.25) is 5.02 Å². The van der Waals surface area contributed by atoms with Gasteiger partial charge in [-0.2, -0.15) is 10.1 Å². The van der Waals surface area contributed by atoms with Crippen LogP contribution in [0.5, 0.6) is 0 Å². The molecular formula is C19H16ClN3O3S. The Kier molecular flexibility index (Phi) is 4.80. The SMILES string of the molecule is CSC1C(=O)Nc2ccc(CN3N=C(c4ccc(Cl)cc4)COC3=O)cc21. The monoisotopic (exact) mass is 401 g/mol. The summed E-state index contributed by atoms with van der Waals surface area (Å²) in [5.41, 5.74) is 4.13. The second-order valence-corrected chi connectivity index (χ2v) is 7.57. The second kappa shape index (κ2) is 7.25. The quantitative estimate of drug-likeness (QED) is 0.838. The number of hydrogen-bond donors (Lipinski definition) is 1. The molecule has 27 heavy (non-hydrogen) atoms. The average Bonchev–Trinajstić information content (AvgIpc) is 2.98. The Hall–Kier alpha value is -2.51. The summed E-state index contributed by atoms with van der Waals surface area (Å²) in [7, 11) is 0. The molecule has 1 atom stereocenters. The molecule has 0 radical (unpaired) electrons. The maximum atomic E-state index is 12.1. The highest BCUT2D eigenvalue weighted by Gasteiger charge is 2.30. The van der Waals surface area contributed by atoms with E-state index in [-0.39, 0.29) is 24.3 Å². The Balaban J connectivity index is 1.59. The van der Waals surface area contributed by atoms with Crippen LogP contribution in [0.25, 0.3) is 0 Å². The molecule has 6 nitrogen and oxygen atoms in total. The summed E-state index contributed by atoms with van der Waals surface area (Å²) < 4.78 is 5.26. The lowest BCUT2D eigenvalue weighted by molar-refractivity contribution is -0.115. The van der Waals surface area contributed by atoms with Gasteiger partial charge in [0, 0.05) is 16.3 Å². The van der Waals surface area contributed by atoms with Gasteiger partial charge in [-0.1, -0.05) is 35.9 Å². The zero-order valence-electron chi connectivity index (χ0n) is 14.4. The van der Waals surface area contributed by atoms with Gasteiger partial charge >= 0.3 is 6.09 Å². The zero-order valence-corrected chi connectivity index (χ0v) is 16.0. The van der Waals surface area contributed by atoms with Crippen molar-refractivity contribution in [2.24, 2.45) is 5.10 Å². The smallest absolute Gasteiger partial charge is 0.431 e. The number of carbonyl (C=O) groups excluding carboxylic acids is 2. The number of rotatable bonds is 4. The fraction of sp³-hybridized carbons (Fsp3) is 0.211. The van der Waals surface area contributed by atoms with Gasteiger partial charge in [0.05, 0.1) is 6.54 Å². The molecule has 2 heterocycles. The summed E-state index contributed by atoms with van der Waals surface area (Å²) in [4.78, 5) is 24.1. The highest BCUT2D eigenvalue weighted by molar-refractivity contribution is 7.99. The number of cyclic esters (lactones) is 1. The lowest BCUT2D eigenvalue weighted by atomic mass is 10.1. The molecule has 138 valence electrons. The van der Waals surface area contributed by atoms with E-state index in [1.54, 1.807) is 12.1 Å². The molecule has 0 fully saturated rings. The second-order valence-electron chi connectivity index (χ2n) is 6.19. The number of ether oxygens (including phenoxy) is 1. The summed E-state index contributed by atoms with van der Waals surface area (Å²) in [5.74, 6) is -0.0184. The van der Waals surface area contributed by atoms with Crippen molar-refractivity contribution in [2.45, 2.75) is 11.8 Å². The van der Waals surface area contributed by atoms with Gasteiger partial charge in [0.2, 0.25) is 5.91 Å². The molecule has 2 aliphatic heterocycles. The van der Waals surface area contributed by atoms with Gasteiger partial charge in [0.15, 0.2) is 0 Å². The summed E-state index contributed by atoms with van der Waals surface area (Å²) in [6.07, 6.45) is 1.40. The molecule has 0 saturated carbocycles. The van der Waals surface area contributed by atoms with Gasteiger partial charge in [-0.25, -0.2) is 4.79 Å². The minimum Gasteiger partial charge on any atom is -0.442 e. The van der Waals surface area contributed by atoms with Gasteiger partial charge in [-0.3, -0.25) is 4.79 Å². The van der Waals surface area contributed by atoms with Crippen molar-refractivity contribution in [2.75, 3.05) is 18.2 Å². The predicted molar refractivity (Wildman–Crippen MR) is 106 cm³/mol. The molecule has 2 aromatic carbocycles. The van der Waals surface area contributed by atoms with E-state index in [0.29, 0.717) is 10.7 Å². The van der Waals surface area contributed by atoms with E-state index in [9.17, 15) is 9.59 Å². The third-order valence-electron chi connectivity index (χ3n) is 4.42. The molecule has 0 aliphatic carbocycles. The van der Waals surface area contributed by atoms with Crippen LogP contribution >= 0.6 is 23.4 Å². The first-order valence-corrected chi connectivity index (χ1v) is 9.96. The largest absolute Gasteiger partial charge is 0.442 e. The van der Waals surface area contributed by atoms with Gasteiger partial charge < -0.3 is 10.1 Å². The molecular weight excluding hydrogens is 386 g/mol. The summed E-state index contributed by atoms with van der Waals surface area (Å²) in [6, 6.07) is 12.9. The third-order valence-corrected chi connectivity index (χ3v) is 5.62. The zero-order chi connectivity index (χ0) is 19.0. The number of nitrogens with zero attached hydrogens (tertiary/aromatic N) is 2. The first-order chi connectivity index (χ1) is 13.0. The maximum absolute atomic E-state index is 12.1. The highest BCUT2D eigenvalue weighted by atomic mass is 35.5. The van der Waals surface area contributed by atoms with E-state index in [2.05, 4.69) is 10.4 Å². The summed E-state index contributed by atoms with van der Waals surface area (Å²) >= 11 is 7.41. The van der Waals surface area contributed by atoms with E-state index in [0.717, 1.165) is 22.4 Å². The normalized spacial score (nSPS) is 18.7. The van der Waals surface area contributed by atoms with Crippen LogP contribution in [0.3, 0.4) is 0 Å². The molecule has 1 unspecified atom stereocenters. The lowest BCUT2D eigenvalue weighted by Crippen LogP contribution is -2.35. The van der Waals surface area contributed by atoms with Crippen LogP contribution in [-0.4, -0.2) is 35.6 Å². The summed E-state index contributed by atoms with van der Waals surface area (Å²) in [5, 5.41) is 9.02. The minimum absolute atomic E-state index is 0.0184. The number of benzene rings is 2. The van der Waals surface area contributed by atoms with Gasteiger partial charge in [0.1, 0.15) is 17.6 Å². The van der Waals surface area contributed by atoms with Crippen molar-refractivity contribution in [3.63, 3.8) is 0 Å². The van der Waals surface area contributed by atoms with Gasteiger partial charge in [-0.15, -0.1) is 11.8 Å². The van der Waals surface area contributed by atoms with E-state index in [4.69, 9.17) is 16.3 Å². The Labute approximate surface area is 165 Å². The molecule has 0 spiro atoms. The Morgan fingerprint density at radius 3 is 2.78 bits per heavy atom. The molecule has 0 saturated heterocycles. The number of thioether (sulfide) groups is 1.